The number of benzene rings is 1. The number of amides is 1. The molecule has 2 N–H and O–H groups in total. The van der Waals surface area contributed by atoms with Gasteiger partial charge in [-0.3, -0.25) is 4.79 Å². The first-order valence-corrected chi connectivity index (χ1v) is 11.6. The van der Waals surface area contributed by atoms with E-state index in [0.717, 1.165) is 55.2 Å². The molecule has 1 amide bonds. The molecule has 2 heterocycles. The normalized spacial score (nSPS) is 19.3. The molecule has 1 saturated heterocycles. The number of hydrogen-bond acceptors (Lipinski definition) is 6. The van der Waals surface area contributed by atoms with Gasteiger partial charge in [-0.1, -0.05) is 19.3 Å². The maximum absolute atomic E-state index is 11.5. The van der Waals surface area contributed by atoms with Crippen LogP contribution in [0.1, 0.15) is 56.9 Å². The number of aromatic nitrogens is 2. The Hall–Kier alpha value is -2.72. The van der Waals surface area contributed by atoms with E-state index < -0.39 is 0 Å². The first-order valence-electron chi connectivity index (χ1n) is 11.6. The molecule has 2 aromatic rings. The van der Waals surface area contributed by atoms with Crippen molar-refractivity contribution in [1.82, 2.24) is 20.2 Å². The van der Waals surface area contributed by atoms with Crippen molar-refractivity contribution < 1.29 is 4.79 Å². The molecule has 1 aromatic heterocycles. The van der Waals surface area contributed by atoms with Gasteiger partial charge in [-0.15, -0.1) is 0 Å². The SMILES string of the molecule is N#Cc1ccc2ncnc(NC3CCCCC3)c2c1.O=C(CC1CC1)N1CCNCC1. The minimum atomic E-state index is 0.374. The van der Waals surface area contributed by atoms with Gasteiger partial charge in [0.15, 0.2) is 0 Å². The summed E-state index contributed by atoms with van der Waals surface area (Å²) in [5.74, 6) is 1.96. The second kappa shape index (κ2) is 10.5. The van der Waals surface area contributed by atoms with Gasteiger partial charge in [0.2, 0.25) is 5.91 Å². The molecule has 0 atom stereocenters. The van der Waals surface area contributed by atoms with E-state index in [4.69, 9.17) is 5.26 Å². The van der Waals surface area contributed by atoms with Crippen LogP contribution in [-0.4, -0.2) is 53.0 Å². The Bertz CT molecular complexity index is 923. The number of fused-ring (bicyclic) bond motifs is 1. The molecule has 0 unspecified atom stereocenters. The second-order valence-corrected chi connectivity index (χ2v) is 8.82. The van der Waals surface area contributed by atoms with E-state index in [-0.39, 0.29) is 0 Å². The molecule has 1 aliphatic heterocycles. The summed E-state index contributed by atoms with van der Waals surface area (Å²) in [7, 11) is 0. The van der Waals surface area contributed by atoms with Crippen molar-refractivity contribution in [2.75, 3.05) is 31.5 Å². The third-order valence-electron chi connectivity index (χ3n) is 6.34. The summed E-state index contributed by atoms with van der Waals surface area (Å²) in [6.07, 6.45) is 11.2. The van der Waals surface area contributed by atoms with Gasteiger partial charge >= 0.3 is 0 Å². The monoisotopic (exact) mass is 420 g/mol. The number of hydrogen-bond donors (Lipinski definition) is 2. The molecule has 0 bridgehead atoms. The van der Waals surface area contributed by atoms with Crippen molar-refractivity contribution in [3.8, 4) is 6.07 Å². The third-order valence-corrected chi connectivity index (χ3v) is 6.34. The molecule has 7 nitrogen and oxygen atoms in total. The fourth-order valence-corrected chi connectivity index (χ4v) is 4.29. The first-order chi connectivity index (χ1) is 15.2. The molecule has 5 rings (SSSR count). The molecular weight excluding hydrogens is 388 g/mol. The summed E-state index contributed by atoms with van der Waals surface area (Å²) in [5, 5.41) is 16.7. The molecular formula is C24H32N6O. The van der Waals surface area contributed by atoms with Crippen LogP contribution in [0.25, 0.3) is 10.9 Å². The Labute approximate surface area is 184 Å². The fraction of sp³-hybridized carbons (Fsp3) is 0.583. The summed E-state index contributed by atoms with van der Waals surface area (Å²) in [6.45, 7) is 3.75. The van der Waals surface area contributed by atoms with Crippen molar-refractivity contribution in [1.29, 1.82) is 5.26 Å². The number of carbonyl (C=O) groups is 1. The zero-order valence-electron chi connectivity index (χ0n) is 18.1. The lowest BCUT2D eigenvalue weighted by molar-refractivity contribution is -0.132. The highest BCUT2D eigenvalue weighted by molar-refractivity contribution is 5.89. The molecule has 3 fully saturated rings. The van der Waals surface area contributed by atoms with Crippen molar-refractivity contribution in [2.24, 2.45) is 5.92 Å². The highest BCUT2D eigenvalue weighted by atomic mass is 16.2. The minimum Gasteiger partial charge on any atom is -0.367 e. The molecule has 164 valence electrons. The van der Waals surface area contributed by atoms with E-state index in [2.05, 4.69) is 26.7 Å². The Kier molecular flexibility index (Phi) is 7.31. The van der Waals surface area contributed by atoms with E-state index in [9.17, 15) is 4.79 Å². The van der Waals surface area contributed by atoms with Crippen LogP contribution in [-0.2, 0) is 4.79 Å². The average molecular weight is 421 g/mol. The van der Waals surface area contributed by atoms with Gasteiger partial charge in [0.25, 0.3) is 0 Å². The summed E-state index contributed by atoms with van der Waals surface area (Å²) < 4.78 is 0. The van der Waals surface area contributed by atoms with E-state index >= 15 is 0 Å². The maximum Gasteiger partial charge on any atom is 0.222 e. The van der Waals surface area contributed by atoms with Gasteiger partial charge in [-0.05, 0) is 49.8 Å². The number of nitrogens with one attached hydrogen (secondary N) is 2. The average Bonchev–Trinajstić information content (AvgIpc) is 3.65. The van der Waals surface area contributed by atoms with Gasteiger partial charge in [0, 0.05) is 44.0 Å². The Morgan fingerprint density at radius 1 is 1.13 bits per heavy atom. The molecule has 1 aromatic carbocycles. The Morgan fingerprint density at radius 3 is 2.61 bits per heavy atom. The number of anilines is 1. The summed E-state index contributed by atoms with van der Waals surface area (Å²) in [6, 6.07) is 8.19. The zero-order valence-corrected chi connectivity index (χ0v) is 18.1. The van der Waals surface area contributed by atoms with Crippen LogP contribution < -0.4 is 10.6 Å². The third kappa shape index (κ3) is 6.14. The summed E-state index contributed by atoms with van der Waals surface area (Å²) in [4.78, 5) is 22.1. The standard InChI is InChI=1S/C15H16N4.C9H16N2O/c16-9-11-6-7-14-13(8-11)15(18-10-17-14)19-12-4-2-1-3-5-12;12-9(7-8-1-2-8)11-5-3-10-4-6-11/h6-8,10,12H,1-5H2,(H,17,18,19);8,10H,1-7H2. The molecule has 3 aliphatic rings. The largest absolute Gasteiger partial charge is 0.367 e. The van der Waals surface area contributed by atoms with E-state index in [0.29, 0.717) is 17.5 Å². The molecule has 2 saturated carbocycles. The van der Waals surface area contributed by atoms with Gasteiger partial charge in [0.1, 0.15) is 12.1 Å². The lowest BCUT2D eigenvalue weighted by Crippen LogP contribution is -2.46. The van der Waals surface area contributed by atoms with Crippen LogP contribution in [0, 0.1) is 17.2 Å². The Morgan fingerprint density at radius 2 is 1.90 bits per heavy atom. The lowest BCUT2D eigenvalue weighted by Gasteiger charge is -2.27. The van der Waals surface area contributed by atoms with Gasteiger partial charge in [-0.2, -0.15) is 5.26 Å². The second-order valence-electron chi connectivity index (χ2n) is 8.82. The van der Waals surface area contributed by atoms with E-state index in [1.54, 1.807) is 12.4 Å². The van der Waals surface area contributed by atoms with Crippen LogP contribution in [0.2, 0.25) is 0 Å². The van der Waals surface area contributed by atoms with Crippen LogP contribution >= 0.6 is 0 Å². The van der Waals surface area contributed by atoms with Crippen molar-refractivity contribution in [3.05, 3.63) is 30.1 Å². The number of carbonyl (C=O) groups excluding carboxylic acids is 1. The van der Waals surface area contributed by atoms with Gasteiger partial charge in [-0.25, -0.2) is 9.97 Å². The first kappa shape index (κ1) is 21.5. The fourth-order valence-electron chi connectivity index (χ4n) is 4.29. The minimum absolute atomic E-state index is 0.374. The van der Waals surface area contributed by atoms with Crippen molar-refractivity contribution in [3.63, 3.8) is 0 Å². The summed E-state index contributed by atoms with van der Waals surface area (Å²) in [5.41, 5.74) is 1.53. The molecule has 0 spiro atoms. The Balaban J connectivity index is 0.000000166. The van der Waals surface area contributed by atoms with Crippen molar-refractivity contribution in [2.45, 2.75) is 57.4 Å². The smallest absolute Gasteiger partial charge is 0.222 e. The number of nitriles is 1. The zero-order chi connectivity index (χ0) is 21.5. The predicted molar refractivity (Wildman–Crippen MR) is 122 cm³/mol. The van der Waals surface area contributed by atoms with E-state index in [1.165, 1.54) is 44.9 Å². The highest BCUT2D eigenvalue weighted by Crippen LogP contribution is 2.32. The topological polar surface area (TPSA) is 93.9 Å². The van der Waals surface area contributed by atoms with Gasteiger partial charge < -0.3 is 15.5 Å². The van der Waals surface area contributed by atoms with Crippen LogP contribution in [0.4, 0.5) is 5.82 Å². The molecule has 7 heteroatoms. The number of piperazine rings is 1. The van der Waals surface area contributed by atoms with Crippen molar-refractivity contribution >= 4 is 22.6 Å². The molecule has 2 aliphatic carbocycles. The molecule has 0 radical (unpaired) electrons. The predicted octanol–water partition coefficient (Wildman–Crippen LogP) is 3.46. The molecule has 31 heavy (non-hydrogen) atoms. The highest BCUT2D eigenvalue weighted by Gasteiger charge is 2.27. The van der Waals surface area contributed by atoms with Crippen LogP contribution in [0.5, 0.6) is 0 Å². The lowest BCUT2D eigenvalue weighted by atomic mass is 9.95. The number of rotatable bonds is 4. The summed E-state index contributed by atoms with van der Waals surface area (Å²) >= 11 is 0. The van der Waals surface area contributed by atoms with Crippen LogP contribution in [0.3, 0.4) is 0 Å². The number of nitrogens with zero attached hydrogens (tertiary/aromatic N) is 4. The van der Waals surface area contributed by atoms with Crippen LogP contribution in [0.15, 0.2) is 24.5 Å². The maximum atomic E-state index is 11.5. The van der Waals surface area contributed by atoms with Gasteiger partial charge in [0.05, 0.1) is 17.1 Å². The quantitative estimate of drug-likeness (QED) is 0.787. The van der Waals surface area contributed by atoms with E-state index in [1.807, 2.05) is 17.0 Å².